The molecule has 0 spiro atoms. The van der Waals surface area contributed by atoms with Gasteiger partial charge < -0.3 is 19.7 Å². The third-order valence-corrected chi connectivity index (χ3v) is 6.89. The van der Waals surface area contributed by atoms with Gasteiger partial charge in [0.25, 0.3) is 5.56 Å². The fraction of sp³-hybridized carbons (Fsp3) is 0.520. The average molecular weight is 463 g/mol. The highest BCUT2D eigenvalue weighted by atomic mass is 16.1. The summed E-state index contributed by atoms with van der Waals surface area (Å²) < 4.78 is 3.67. The molecule has 4 heterocycles. The zero-order valence-electron chi connectivity index (χ0n) is 20.3. The Morgan fingerprint density at radius 3 is 2.82 bits per heavy atom. The van der Waals surface area contributed by atoms with Crippen LogP contribution in [0.25, 0.3) is 11.4 Å². The second-order valence-corrected chi connectivity index (χ2v) is 9.76. The predicted octanol–water partition coefficient (Wildman–Crippen LogP) is 2.60. The van der Waals surface area contributed by atoms with Crippen LogP contribution < -0.4 is 20.7 Å². The average Bonchev–Trinajstić information content (AvgIpc) is 3.56. The summed E-state index contributed by atoms with van der Waals surface area (Å²) in [5, 5.41) is 3.73. The lowest BCUT2D eigenvalue weighted by Crippen LogP contribution is -2.46. The normalized spacial score (nSPS) is 19.3. The summed E-state index contributed by atoms with van der Waals surface area (Å²) in [6.07, 6.45) is 13.9. The number of hydrogen-bond acceptors (Lipinski definition) is 7. The van der Waals surface area contributed by atoms with Crippen LogP contribution in [-0.4, -0.2) is 63.9 Å². The molecule has 1 saturated carbocycles. The van der Waals surface area contributed by atoms with Gasteiger partial charge in [-0.05, 0) is 51.1 Å². The number of rotatable bonds is 8. The molecule has 0 amide bonds. The summed E-state index contributed by atoms with van der Waals surface area (Å²) in [6, 6.07) is 4.34. The van der Waals surface area contributed by atoms with E-state index in [1.807, 2.05) is 42.9 Å². The highest BCUT2D eigenvalue weighted by Gasteiger charge is 2.25. The van der Waals surface area contributed by atoms with Gasteiger partial charge in [-0.15, -0.1) is 0 Å². The Balaban J connectivity index is 1.29. The van der Waals surface area contributed by atoms with Gasteiger partial charge in [-0.3, -0.25) is 14.3 Å². The maximum Gasteiger partial charge on any atom is 0.254 e. The Morgan fingerprint density at radius 1 is 1.21 bits per heavy atom. The molecule has 3 aromatic heterocycles. The summed E-state index contributed by atoms with van der Waals surface area (Å²) in [6.45, 7) is 5.09. The van der Waals surface area contributed by atoms with Gasteiger partial charge in [-0.1, -0.05) is 0 Å². The second-order valence-electron chi connectivity index (χ2n) is 9.76. The molecule has 180 valence electrons. The van der Waals surface area contributed by atoms with Crippen LogP contribution in [0.2, 0.25) is 0 Å². The van der Waals surface area contributed by atoms with E-state index in [9.17, 15) is 4.79 Å². The molecule has 2 aliphatic rings. The molecule has 2 fully saturated rings. The molecule has 9 nitrogen and oxygen atoms in total. The summed E-state index contributed by atoms with van der Waals surface area (Å²) in [4.78, 5) is 30.7. The van der Waals surface area contributed by atoms with Crippen LogP contribution in [0, 0.1) is 5.92 Å². The molecule has 1 unspecified atom stereocenters. The molecule has 0 radical (unpaired) electrons. The third kappa shape index (κ3) is 4.99. The Labute approximate surface area is 200 Å². The maximum absolute atomic E-state index is 13.1. The van der Waals surface area contributed by atoms with Gasteiger partial charge in [0.15, 0.2) is 0 Å². The van der Waals surface area contributed by atoms with Crippen molar-refractivity contribution in [1.29, 1.82) is 0 Å². The number of aromatic nitrogens is 5. The van der Waals surface area contributed by atoms with E-state index in [2.05, 4.69) is 31.2 Å². The lowest BCUT2D eigenvalue weighted by Gasteiger charge is -2.35. The molecule has 0 bridgehead atoms. The van der Waals surface area contributed by atoms with E-state index in [0.717, 1.165) is 49.2 Å². The van der Waals surface area contributed by atoms with Crippen molar-refractivity contribution in [3.05, 3.63) is 53.6 Å². The van der Waals surface area contributed by atoms with Crippen molar-refractivity contribution < 1.29 is 0 Å². The molecule has 34 heavy (non-hydrogen) atoms. The highest BCUT2D eigenvalue weighted by Crippen LogP contribution is 2.28. The van der Waals surface area contributed by atoms with Crippen LogP contribution >= 0.6 is 0 Å². The maximum atomic E-state index is 13.1. The number of piperidine rings is 1. The summed E-state index contributed by atoms with van der Waals surface area (Å²) in [5.74, 6) is 1.66. The first-order chi connectivity index (χ1) is 16.5. The zero-order valence-corrected chi connectivity index (χ0v) is 20.3. The lowest BCUT2D eigenvalue weighted by molar-refractivity contribution is 0.415. The molecule has 1 saturated heterocycles. The first-order valence-electron chi connectivity index (χ1n) is 12.2. The van der Waals surface area contributed by atoms with Crippen LogP contribution in [-0.2, 0) is 0 Å². The molecular formula is C25H34N8O. The van der Waals surface area contributed by atoms with Crippen molar-refractivity contribution in [3.8, 4) is 11.4 Å². The molecule has 0 aromatic carbocycles. The quantitative estimate of drug-likeness (QED) is 0.551. The van der Waals surface area contributed by atoms with Gasteiger partial charge >= 0.3 is 0 Å². The van der Waals surface area contributed by atoms with Crippen molar-refractivity contribution >= 4 is 11.5 Å². The number of imidazole rings is 1. The number of pyridine rings is 1. The molecule has 5 rings (SSSR count). The summed E-state index contributed by atoms with van der Waals surface area (Å²) in [7, 11) is 3.86. The van der Waals surface area contributed by atoms with Gasteiger partial charge in [-0.2, -0.15) is 0 Å². The lowest BCUT2D eigenvalue weighted by atomic mass is 10.0. The predicted molar refractivity (Wildman–Crippen MR) is 134 cm³/mol. The fourth-order valence-electron chi connectivity index (χ4n) is 4.53. The van der Waals surface area contributed by atoms with Crippen molar-refractivity contribution in [3.63, 3.8) is 0 Å². The molecule has 1 aliphatic heterocycles. The number of nitrogens with zero attached hydrogens (tertiary/aromatic N) is 7. The molecule has 3 aromatic rings. The Hall–Kier alpha value is -3.20. The minimum absolute atomic E-state index is 0.0114. The van der Waals surface area contributed by atoms with Crippen molar-refractivity contribution in [1.82, 2.24) is 29.4 Å². The largest absolute Gasteiger partial charge is 0.370 e. The molecule has 2 atom stereocenters. The minimum Gasteiger partial charge on any atom is -0.370 e. The third-order valence-electron chi connectivity index (χ3n) is 6.89. The molecule has 9 heteroatoms. The summed E-state index contributed by atoms with van der Waals surface area (Å²) >= 11 is 0. The molecule has 1 N–H and O–H groups in total. The van der Waals surface area contributed by atoms with Crippen LogP contribution in [0.3, 0.4) is 0 Å². The standard InChI is InChI=1S/C25H34N8O/c1-18(32-16-23(28-17-32)22-13-26-14-24(29-22)30(2)3)33-10-8-21(11-25(33)34)31-9-4-5-20(15-31)27-12-19-6-7-19/h8,10-11,13-14,16-20,27H,4-7,9,12,15H2,1-3H3/t18?,20-/m1/s1. The second kappa shape index (κ2) is 9.58. The first kappa shape index (κ1) is 22.6. The molecule has 1 aliphatic carbocycles. The first-order valence-corrected chi connectivity index (χ1v) is 12.2. The van der Waals surface area contributed by atoms with E-state index in [-0.39, 0.29) is 11.7 Å². The smallest absolute Gasteiger partial charge is 0.254 e. The number of nitrogens with one attached hydrogen (secondary N) is 1. The monoisotopic (exact) mass is 462 g/mol. The van der Waals surface area contributed by atoms with Crippen LogP contribution in [0.15, 0.2) is 48.0 Å². The highest BCUT2D eigenvalue weighted by molar-refractivity contribution is 5.54. The van der Waals surface area contributed by atoms with Crippen LogP contribution in [0.4, 0.5) is 11.5 Å². The van der Waals surface area contributed by atoms with Gasteiger partial charge in [0.1, 0.15) is 23.4 Å². The van der Waals surface area contributed by atoms with Crippen LogP contribution in [0.1, 0.15) is 38.8 Å². The van der Waals surface area contributed by atoms with Crippen molar-refractivity contribution in [2.45, 2.75) is 44.8 Å². The van der Waals surface area contributed by atoms with E-state index in [1.54, 1.807) is 29.4 Å². The van der Waals surface area contributed by atoms with Crippen molar-refractivity contribution in [2.24, 2.45) is 5.92 Å². The fourth-order valence-corrected chi connectivity index (χ4v) is 4.53. The van der Waals surface area contributed by atoms with Crippen molar-refractivity contribution in [2.75, 3.05) is 43.5 Å². The molecular weight excluding hydrogens is 428 g/mol. The van der Waals surface area contributed by atoms with Gasteiger partial charge in [0, 0.05) is 57.4 Å². The minimum atomic E-state index is -0.206. The summed E-state index contributed by atoms with van der Waals surface area (Å²) in [5.41, 5.74) is 2.43. The van der Waals surface area contributed by atoms with E-state index >= 15 is 0 Å². The van der Waals surface area contributed by atoms with E-state index in [1.165, 1.54) is 19.3 Å². The number of hydrogen-bond donors (Lipinski definition) is 1. The van der Waals surface area contributed by atoms with Crippen LogP contribution in [0.5, 0.6) is 0 Å². The van der Waals surface area contributed by atoms with Gasteiger partial charge in [-0.25, -0.2) is 9.97 Å². The Bertz CT molecular complexity index is 1180. The van der Waals surface area contributed by atoms with E-state index < -0.39 is 0 Å². The topological polar surface area (TPSA) is 84.1 Å². The van der Waals surface area contributed by atoms with Gasteiger partial charge in [0.2, 0.25) is 0 Å². The SMILES string of the molecule is CC(n1cnc(-c2cncc(N(C)C)n2)c1)n1ccc(N2CCC[C@@H](NCC3CC3)C2)cc1=O. The number of anilines is 2. The Morgan fingerprint density at radius 2 is 2.06 bits per heavy atom. The van der Waals surface area contributed by atoms with Gasteiger partial charge in [0.05, 0.1) is 18.7 Å². The van der Waals surface area contributed by atoms with E-state index in [0.29, 0.717) is 11.7 Å². The zero-order chi connectivity index (χ0) is 23.7. The van der Waals surface area contributed by atoms with E-state index in [4.69, 9.17) is 0 Å². The Kier molecular flexibility index (Phi) is 6.36.